The Morgan fingerprint density at radius 2 is 2.00 bits per heavy atom. The van der Waals surface area contributed by atoms with Crippen LogP contribution in [0.15, 0.2) is 42.5 Å². The number of hydrogen-bond donors (Lipinski definition) is 0. The maximum Gasteiger partial charge on any atom is 0.119 e. The summed E-state index contributed by atoms with van der Waals surface area (Å²) in [5.74, 6) is 0.902. The van der Waals surface area contributed by atoms with Crippen molar-refractivity contribution in [3.05, 3.63) is 48.0 Å². The number of hydrogen-bond acceptors (Lipinski definition) is 1. The molecule has 0 aliphatic rings. The molecule has 15 heavy (non-hydrogen) atoms. The number of fused-ring (bicyclic) bond motifs is 1. The molecule has 2 rings (SSSR count). The number of allylic oxidation sites excluding steroid dienone is 1. The predicted octanol–water partition coefficient (Wildman–Crippen LogP) is 3.88. The Bertz CT molecular complexity index is 498. The van der Waals surface area contributed by atoms with Crippen LogP contribution in [0.1, 0.15) is 12.5 Å². The van der Waals surface area contributed by atoms with Crippen molar-refractivity contribution in [2.24, 2.45) is 0 Å². The summed E-state index contributed by atoms with van der Waals surface area (Å²) >= 11 is 0. The van der Waals surface area contributed by atoms with Gasteiger partial charge in [0.2, 0.25) is 0 Å². The second-order valence-electron chi connectivity index (χ2n) is 3.43. The normalized spacial score (nSPS) is 11.1. The molecule has 0 bridgehead atoms. The fourth-order valence-electron chi connectivity index (χ4n) is 1.73. The van der Waals surface area contributed by atoms with Gasteiger partial charge in [-0.05, 0) is 35.4 Å². The first-order chi connectivity index (χ1) is 7.35. The molecule has 0 fully saturated rings. The van der Waals surface area contributed by atoms with Crippen molar-refractivity contribution in [3.63, 3.8) is 0 Å². The zero-order chi connectivity index (χ0) is 10.7. The molecule has 0 aliphatic heterocycles. The number of methoxy groups -OCH3 is 1. The van der Waals surface area contributed by atoms with Crippen LogP contribution in [0.4, 0.5) is 0 Å². The molecule has 0 aliphatic carbocycles. The molecule has 0 heterocycles. The van der Waals surface area contributed by atoms with Crippen LogP contribution < -0.4 is 4.74 Å². The van der Waals surface area contributed by atoms with Gasteiger partial charge in [0, 0.05) is 0 Å². The van der Waals surface area contributed by atoms with E-state index < -0.39 is 0 Å². The van der Waals surface area contributed by atoms with Gasteiger partial charge < -0.3 is 4.74 Å². The van der Waals surface area contributed by atoms with Gasteiger partial charge in [-0.15, -0.1) is 0 Å². The third-order valence-electron chi connectivity index (χ3n) is 2.47. The van der Waals surface area contributed by atoms with Gasteiger partial charge in [0.15, 0.2) is 0 Å². The lowest BCUT2D eigenvalue weighted by atomic mass is 10.0. The van der Waals surface area contributed by atoms with Crippen molar-refractivity contribution in [1.29, 1.82) is 0 Å². The van der Waals surface area contributed by atoms with Crippen LogP contribution in [0.3, 0.4) is 0 Å². The van der Waals surface area contributed by atoms with Gasteiger partial charge in [0.05, 0.1) is 7.11 Å². The monoisotopic (exact) mass is 198 g/mol. The van der Waals surface area contributed by atoms with Gasteiger partial charge in [-0.2, -0.15) is 0 Å². The largest absolute Gasteiger partial charge is 0.497 e. The molecule has 76 valence electrons. The molecular weight excluding hydrogens is 184 g/mol. The van der Waals surface area contributed by atoms with E-state index in [2.05, 4.69) is 36.4 Å². The van der Waals surface area contributed by atoms with Crippen LogP contribution >= 0.6 is 0 Å². The minimum atomic E-state index is 0.902. The van der Waals surface area contributed by atoms with Gasteiger partial charge in [-0.3, -0.25) is 0 Å². The zero-order valence-corrected chi connectivity index (χ0v) is 9.03. The number of benzene rings is 2. The Balaban J connectivity index is 2.70. The highest BCUT2D eigenvalue weighted by Crippen LogP contribution is 2.24. The Hall–Kier alpha value is -1.76. The van der Waals surface area contributed by atoms with Crippen LogP contribution in [0.5, 0.6) is 5.75 Å². The minimum absolute atomic E-state index is 0.902. The van der Waals surface area contributed by atoms with Crippen LogP contribution in [-0.4, -0.2) is 7.11 Å². The lowest BCUT2D eigenvalue weighted by Gasteiger charge is -2.05. The Kier molecular flexibility index (Phi) is 2.72. The van der Waals surface area contributed by atoms with Crippen molar-refractivity contribution in [3.8, 4) is 5.75 Å². The fourth-order valence-corrected chi connectivity index (χ4v) is 1.73. The van der Waals surface area contributed by atoms with Crippen LogP contribution in [-0.2, 0) is 0 Å². The van der Waals surface area contributed by atoms with Gasteiger partial charge in [0.25, 0.3) is 0 Å². The SMILES string of the molecule is C/C=C/c1cccc2ccc(OC)cc12. The van der Waals surface area contributed by atoms with E-state index in [1.807, 2.05) is 19.1 Å². The van der Waals surface area contributed by atoms with Gasteiger partial charge >= 0.3 is 0 Å². The average Bonchev–Trinajstić information content (AvgIpc) is 2.29. The summed E-state index contributed by atoms with van der Waals surface area (Å²) in [7, 11) is 1.69. The molecule has 0 N–H and O–H groups in total. The molecule has 0 radical (unpaired) electrons. The third-order valence-corrected chi connectivity index (χ3v) is 2.47. The van der Waals surface area contributed by atoms with E-state index in [-0.39, 0.29) is 0 Å². The average molecular weight is 198 g/mol. The van der Waals surface area contributed by atoms with Crippen molar-refractivity contribution >= 4 is 16.8 Å². The van der Waals surface area contributed by atoms with Crippen LogP contribution in [0.25, 0.3) is 16.8 Å². The summed E-state index contributed by atoms with van der Waals surface area (Å²) in [5, 5.41) is 2.47. The summed E-state index contributed by atoms with van der Waals surface area (Å²) in [6.07, 6.45) is 4.16. The highest BCUT2D eigenvalue weighted by molar-refractivity contribution is 5.91. The van der Waals surface area contributed by atoms with E-state index in [0.29, 0.717) is 0 Å². The lowest BCUT2D eigenvalue weighted by Crippen LogP contribution is -1.84. The summed E-state index contributed by atoms with van der Waals surface area (Å²) in [6, 6.07) is 12.4. The van der Waals surface area contributed by atoms with Gasteiger partial charge in [-0.25, -0.2) is 0 Å². The summed E-state index contributed by atoms with van der Waals surface area (Å²) in [6.45, 7) is 2.03. The predicted molar refractivity (Wildman–Crippen MR) is 65.2 cm³/mol. The first-order valence-electron chi connectivity index (χ1n) is 5.04. The molecule has 0 atom stereocenters. The van der Waals surface area contributed by atoms with Crippen molar-refractivity contribution in [1.82, 2.24) is 0 Å². The topological polar surface area (TPSA) is 9.23 Å². The Morgan fingerprint density at radius 1 is 1.13 bits per heavy atom. The van der Waals surface area contributed by atoms with E-state index in [4.69, 9.17) is 4.74 Å². The quantitative estimate of drug-likeness (QED) is 0.711. The van der Waals surface area contributed by atoms with E-state index in [9.17, 15) is 0 Å². The minimum Gasteiger partial charge on any atom is -0.497 e. The van der Waals surface area contributed by atoms with E-state index in [1.165, 1.54) is 16.3 Å². The first kappa shape index (κ1) is 9.78. The molecule has 2 aromatic carbocycles. The third kappa shape index (κ3) is 1.86. The molecule has 0 unspecified atom stereocenters. The molecule has 0 saturated carbocycles. The highest BCUT2D eigenvalue weighted by atomic mass is 16.5. The fraction of sp³-hybridized carbons (Fsp3) is 0.143. The van der Waals surface area contributed by atoms with Gasteiger partial charge in [0.1, 0.15) is 5.75 Å². The summed E-state index contributed by atoms with van der Waals surface area (Å²) < 4.78 is 5.23. The maximum atomic E-state index is 5.23. The number of rotatable bonds is 2. The van der Waals surface area contributed by atoms with Crippen LogP contribution in [0.2, 0.25) is 0 Å². The molecule has 0 spiro atoms. The second kappa shape index (κ2) is 4.18. The summed E-state index contributed by atoms with van der Waals surface area (Å²) in [5.41, 5.74) is 1.23. The highest BCUT2D eigenvalue weighted by Gasteiger charge is 1.99. The maximum absolute atomic E-state index is 5.23. The van der Waals surface area contributed by atoms with Crippen molar-refractivity contribution in [2.75, 3.05) is 7.11 Å². The van der Waals surface area contributed by atoms with Crippen molar-refractivity contribution < 1.29 is 4.74 Å². The Morgan fingerprint density at radius 3 is 2.73 bits per heavy atom. The summed E-state index contributed by atoms with van der Waals surface area (Å²) in [4.78, 5) is 0. The van der Waals surface area contributed by atoms with Crippen molar-refractivity contribution in [2.45, 2.75) is 6.92 Å². The molecule has 0 aromatic heterocycles. The molecular formula is C14H14O. The van der Waals surface area contributed by atoms with Crippen LogP contribution in [0, 0.1) is 0 Å². The Labute approximate surface area is 90.0 Å². The standard InChI is InChI=1S/C14H14O/c1-3-5-11-6-4-7-12-8-9-13(15-2)10-14(11)12/h3-10H,1-2H3/b5-3+. The molecule has 1 heteroatoms. The lowest BCUT2D eigenvalue weighted by molar-refractivity contribution is 0.415. The smallest absolute Gasteiger partial charge is 0.119 e. The van der Waals surface area contributed by atoms with E-state index >= 15 is 0 Å². The number of ether oxygens (including phenoxy) is 1. The molecule has 1 nitrogen and oxygen atoms in total. The molecule has 2 aromatic rings. The molecule has 0 amide bonds. The first-order valence-corrected chi connectivity index (χ1v) is 5.04. The van der Waals surface area contributed by atoms with E-state index in [0.717, 1.165) is 5.75 Å². The second-order valence-corrected chi connectivity index (χ2v) is 3.43. The zero-order valence-electron chi connectivity index (χ0n) is 9.03. The molecule has 0 saturated heterocycles. The van der Waals surface area contributed by atoms with Gasteiger partial charge in [-0.1, -0.05) is 36.4 Å². The van der Waals surface area contributed by atoms with E-state index in [1.54, 1.807) is 7.11 Å².